The average molecular weight is 237 g/mol. The minimum Gasteiger partial charge on any atom is -0.262 e. The van der Waals surface area contributed by atoms with Gasteiger partial charge in [0.05, 0.1) is 17.8 Å². The Hall–Kier alpha value is -0.830. The Morgan fingerprint density at radius 3 is 3.00 bits per heavy atom. The van der Waals surface area contributed by atoms with E-state index in [2.05, 4.69) is 43.9 Å². The van der Waals surface area contributed by atoms with Crippen LogP contribution in [-0.4, -0.2) is 9.78 Å². The third-order valence-corrected chi connectivity index (χ3v) is 3.17. The molecule has 2 nitrogen and oxygen atoms in total. The first-order chi connectivity index (χ1) is 6.36. The van der Waals surface area contributed by atoms with Crippen LogP contribution in [0, 0.1) is 0 Å². The Balaban J connectivity index is 2.32. The van der Waals surface area contributed by atoms with Crippen LogP contribution in [-0.2, 0) is 0 Å². The number of halogens is 1. The highest BCUT2D eigenvalue weighted by Crippen LogP contribution is 2.37. The molecule has 1 aliphatic rings. The number of rotatable bonds is 1. The molecular formula is C10H9BrN2. The summed E-state index contributed by atoms with van der Waals surface area (Å²) in [5.41, 5.74) is 1.25. The highest BCUT2D eigenvalue weighted by atomic mass is 79.9. The molecule has 3 rings (SSSR count). The summed E-state index contributed by atoms with van der Waals surface area (Å²) in [6.07, 6.45) is 4.50. The van der Waals surface area contributed by atoms with Crippen molar-refractivity contribution < 1.29 is 0 Å². The molecule has 0 unspecified atom stereocenters. The van der Waals surface area contributed by atoms with Crippen LogP contribution in [0.4, 0.5) is 0 Å². The van der Waals surface area contributed by atoms with E-state index < -0.39 is 0 Å². The fourth-order valence-electron chi connectivity index (χ4n) is 1.65. The van der Waals surface area contributed by atoms with E-state index in [1.165, 1.54) is 23.7 Å². The number of fused-ring (bicyclic) bond motifs is 1. The Morgan fingerprint density at radius 2 is 2.23 bits per heavy atom. The van der Waals surface area contributed by atoms with Gasteiger partial charge in [0.1, 0.15) is 0 Å². The third kappa shape index (κ3) is 1.10. The zero-order chi connectivity index (χ0) is 8.84. The van der Waals surface area contributed by atoms with Crippen LogP contribution in [0.5, 0.6) is 0 Å². The van der Waals surface area contributed by atoms with Crippen LogP contribution < -0.4 is 0 Å². The normalized spacial score (nSPS) is 16.7. The molecule has 13 heavy (non-hydrogen) atoms. The SMILES string of the molecule is Brc1cccc2c1cnn2C1CC1. The highest BCUT2D eigenvalue weighted by molar-refractivity contribution is 9.10. The Bertz CT molecular complexity index is 457. The largest absolute Gasteiger partial charge is 0.262 e. The number of aromatic nitrogens is 2. The predicted molar refractivity (Wildman–Crippen MR) is 55.7 cm³/mol. The molecule has 1 fully saturated rings. The number of benzene rings is 1. The fraction of sp³-hybridized carbons (Fsp3) is 0.300. The first kappa shape index (κ1) is 7.56. The molecule has 0 N–H and O–H groups in total. The second-order valence-corrected chi connectivity index (χ2v) is 4.35. The quantitative estimate of drug-likeness (QED) is 0.744. The van der Waals surface area contributed by atoms with Crippen molar-refractivity contribution in [3.8, 4) is 0 Å². The minimum atomic E-state index is 0.659. The van der Waals surface area contributed by atoms with E-state index >= 15 is 0 Å². The van der Waals surface area contributed by atoms with Gasteiger partial charge in [-0.05, 0) is 25.0 Å². The summed E-state index contributed by atoms with van der Waals surface area (Å²) < 4.78 is 3.28. The first-order valence-electron chi connectivity index (χ1n) is 4.48. The molecule has 1 aromatic carbocycles. The minimum absolute atomic E-state index is 0.659. The summed E-state index contributed by atoms with van der Waals surface area (Å²) in [5.74, 6) is 0. The van der Waals surface area contributed by atoms with E-state index in [4.69, 9.17) is 0 Å². The fourth-order valence-corrected chi connectivity index (χ4v) is 2.10. The number of hydrogen-bond acceptors (Lipinski definition) is 1. The van der Waals surface area contributed by atoms with Crippen molar-refractivity contribution in [2.45, 2.75) is 18.9 Å². The molecule has 1 aromatic heterocycles. The molecule has 0 bridgehead atoms. The molecule has 1 heterocycles. The van der Waals surface area contributed by atoms with E-state index in [0.29, 0.717) is 6.04 Å². The van der Waals surface area contributed by atoms with E-state index in [1.807, 2.05) is 6.20 Å². The molecule has 0 spiro atoms. The topological polar surface area (TPSA) is 17.8 Å². The molecule has 0 saturated heterocycles. The number of hydrogen-bond donors (Lipinski definition) is 0. The summed E-state index contributed by atoms with van der Waals surface area (Å²) in [6.45, 7) is 0. The van der Waals surface area contributed by atoms with Gasteiger partial charge >= 0.3 is 0 Å². The summed E-state index contributed by atoms with van der Waals surface area (Å²) in [4.78, 5) is 0. The second-order valence-electron chi connectivity index (χ2n) is 3.49. The molecule has 0 radical (unpaired) electrons. The highest BCUT2D eigenvalue weighted by Gasteiger charge is 2.25. The lowest BCUT2D eigenvalue weighted by molar-refractivity contribution is 0.665. The van der Waals surface area contributed by atoms with Crippen molar-refractivity contribution in [3.63, 3.8) is 0 Å². The van der Waals surface area contributed by atoms with Gasteiger partial charge in [0.2, 0.25) is 0 Å². The summed E-state index contributed by atoms with van der Waals surface area (Å²) in [6, 6.07) is 6.91. The molecular weight excluding hydrogens is 228 g/mol. The van der Waals surface area contributed by atoms with Gasteiger partial charge < -0.3 is 0 Å². The van der Waals surface area contributed by atoms with Crippen LogP contribution in [0.25, 0.3) is 10.9 Å². The van der Waals surface area contributed by atoms with Crippen molar-refractivity contribution in [1.82, 2.24) is 9.78 Å². The molecule has 2 aromatic rings. The summed E-state index contributed by atoms with van der Waals surface area (Å²) >= 11 is 3.53. The molecule has 1 saturated carbocycles. The van der Waals surface area contributed by atoms with Crippen LogP contribution in [0.1, 0.15) is 18.9 Å². The maximum atomic E-state index is 4.40. The maximum absolute atomic E-state index is 4.40. The lowest BCUT2D eigenvalue weighted by Crippen LogP contribution is -1.94. The van der Waals surface area contributed by atoms with Gasteiger partial charge in [-0.3, -0.25) is 4.68 Å². The smallest absolute Gasteiger partial charge is 0.0697 e. The molecule has 66 valence electrons. The molecule has 0 amide bonds. The van der Waals surface area contributed by atoms with Gasteiger partial charge in [-0.25, -0.2) is 0 Å². The number of nitrogens with zero attached hydrogens (tertiary/aromatic N) is 2. The van der Waals surface area contributed by atoms with Gasteiger partial charge in [-0.1, -0.05) is 22.0 Å². The Kier molecular flexibility index (Phi) is 1.50. The van der Waals surface area contributed by atoms with Gasteiger partial charge in [0.25, 0.3) is 0 Å². The van der Waals surface area contributed by atoms with Crippen LogP contribution >= 0.6 is 15.9 Å². The van der Waals surface area contributed by atoms with E-state index in [-0.39, 0.29) is 0 Å². The predicted octanol–water partition coefficient (Wildman–Crippen LogP) is 3.13. The molecule has 0 atom stereocenters. The standard InChI is InChI=1S/C10H9BrN2/c11-9-2-1-3-10-8(9)6-12-13(10)7-4-5-7/h1-3,6-7H,4-5H2. The Labute approximate surface area is 84.7 Å². The van der Waals surface area contributed by atoms with E-state index in [9.17, 15) is 0 Å². The van der Waals surface area contributed by atoms with Gasteiger partial charge in [0, 0.05) is 9.86 Å². The lowest BCUT2D eigenvalue weighted by atomic mass is 10.2. The van der Waals surface area contributed by atoms with Crippen LogP contribution in [0.2, 0.25) is 0 Å². The molecule has 0 aliphatic heterocycles. The molecule has 1 aliphatic carbocycles. The van der Waals surface area contributed by atoms with Crippen molar-refractivity contribution >= 4 is 26.8 Å². The van der Waals surface area contributed by atoms with Gasteiger partial charge in [0.15, 0.2) is 0 Å². The van der Waals surface area contributed by atoms with Crippen LogP contribution in [0.3, 0.4) is 0 Å². The Morgan fingerprint density at radius 1 is 1.38 bits per heavy atom. The summed E-state index contributed by atoms with van der Waals surface area (Å²) in [7, 11) is 0. The zero-order valence-electron chi connectivity index (χ0n) is 7.07. The van der Waals surface area contributed by atoms with Crippen molar-refractivity contribution in [1.29, 1.82) is 0 Å². The average Bonchev–Trinajstić information content (AvgIpc) is 2.87. The monoisotopic (exact) mass is 236 g/mol. The molecule has 3 heteroatoms. The second kappa shape index (κ2) is 2.58. The van der Waals surface area contributed by atoms with Crippen molar-refractivity contribution in [2.24, 2.45) is 0 Å². The van der Waals surface area contributed by atoms with E-state index in [0.717, 1.165) is 4.47 Å². The maximum Gasteiger partial charge on any atom is 0.0697 e. The van der Waals surface area contributed by atoms with Crippen molar-refractivity contribution in [2.75, 3.05) is 0 Å². The zero-order valence-corrected chi connectivity index (χ0v) is 8.66. The van der Waals surface area contributed by atoms with Crippen LogP contribution in [0.15, 0.2) is 28.9 Å². The third-order valence-electron chi connectivity index (χ3n) is 2.48. The lowest BCUT2D eigenvalue weighted by Gasteiger charge is -1.99. The van der Waals surface area contributed by atoms with E-state index in [1.54, 1.807) is 0 Å². The van der Waals surface area contributed by atoms with Crippen molar-refractivity contribution in [3.05, 3.63) is 28.9 Å². The summed E-state index contributed by atoms with van der Waals surface area (Å²) in [5, 5.41) is 5.62. The van der Waals surface area contributed by atoms with Gasteiger partial charge in [-0.2, -0.15) is 5.10 Å². The van der Waals surface area contributed by atoms with Gasteiger partial charge in [-0.15, -0.1) is 0 Å². The first-order valence-corrected chi connectivity index (χ1v) is 5.27.